The molecule has 4 nitrogen and oxygen atoms in total. The lowest BCUT2D eigenvalue weighted by atomic mass is 9.80. The molecule has 1 aliphatic carbocycles. The molecule has 0 bridgehead atoms. The molecule has 0 saturated heterocycles. The summed E-state index contributed by atoms with van der Waals surface area (Å²) in [6.45, 7) is 2.32. The van der Waals surface area contributed by atoms with Crippen molar-refractivity contribution in [3.05, 3.63) is 29.3 Å². The Bertz CT molecular complexity index is 447. The predicted molar refractivity (Wildman–Crippen MR) is 68.8 cm³/mol. The second-order valence-electron chi connectivity index (χ2n) is 4.92. The normalized spacial score (nSPS) is 17.0. The van der Waals surface area contributed by atoms with Crippen LogP contribution in [0.2, 0.25) is 0 Å². The number of amides is 1. The smallest absolute Gasteiger partial charge is 0.251 e. The molecule has 0 radical (unpaired) electrons. The van der Waals surface area contributed by atoms with Crippen molar-refractivity contribution in [1.82, 2.24) is 5.32 Å². The van der Waals surface area contributed by atoms with Gasteiger partial charge in [0.25, 0.3) is 5.91 Å². The number of hydrogen-bond donors (Lipinski definition) is 2. The summed E-state index contributed by atoms with van der Waals surface area (Å²) in [4.78, 5) is 12.0. The van der Waals surface area contributed by atoms with Gasteiger partial charge in [-0.15, -0.1) is 0 Å². The van der Waals surface area contributed by atoms with Gasteiger partial charge in [-0.2, -0.15) is 0 Å². The monoisotopic (exact) mass is 249 g/mol. The molecule has 4 heteroatoms. The Balaban J connectivity index is 1.97. The number of phenolic OH excluding ortho intramolecular Hbond substituents is 1. The van der Waals surface area contributed by atoms with Crippen LogP contribution in [0.3, 0.4) is 0 Å². The second kappa shape index (κ2) is 4.98. The van der Waals surface area contributed by atoms with E-state index in [2.05, 4.69) is 5.32 Å². The highest BCUT2D eigenvalue weighted by molar-refractivity contribution is 5.94. The Morgan fingerprint density at radius 1 is 1.50 bits per heavy atom. The molecular formula is C14H19NO3. The van der Waals surface area contributed by atoms with E-state index >= 15 is 0 Å². The molecule has 18 heavy (non-hydrogen) atoms. The Morgan fingerprint density at radius 2 is 2.22 bits per heavy atom. The molecule has 1 amide bonds. The molecule has 1 aromatic rings. The van der Waals surface area contributed by atoms with E-state index in [0.29, 0.717) is 17.7 Å². The van der Waals surface area contributed by atoms with E-state index in [0.717, 1.165) is 19.3 Å². The minimum Gasteiger partial charge on any atom is -0.508 e. The zero-order valence-electron chi connectivity index (χ0n) is 10.8. The van der Waals surface area contributed by atoms with Crippen LogP contribution in [0.25, 0.3) is 0 Å². The molecule has 0 spiro atoms. The van der Waals surface area contributed by atoms with Crippen LogP contribution in [-0.2, 0) is 4.74 Å². The summed E-state index contributed by atoms with van der Waals surface area (Å²) in [6, 6.07) is 4.85. The average molecular weight is 249 g/mol. The summed E-state index contributed by atoms with van der Waals surface area (Å²) in [7, 11) is 1.69. The molecule has 98 valence electrons. The second-order valence-corrected chi connectivity index (χ2v) is 4.92. The largest absolute Gasteiger partial charge is 0.508 e. The van der Waals surface area contributed by atoms with Crippen LogP contribution in [0.5, 0.6) is 5.75 Å². The third-order valence-corrected chi connectivity index (χ3v) is 3.73. The highest BCUT2D eigenvalue weighted by Gasteiger charge is 2.37. The van der Waals surface area contributed by atoms with Crippen LogP contribution < -0.4 is 5.32 Å². The summed E-state index contributed by atoms with van der Waals surface area (Å²) in [5, 5.41) is 12.3. The van der Waals surface area contributed by atoms with Crippen molar-refractivity contribution in [2.75, 3.05) is 13.7 Å². The lowest BCUT2D eigenvalue weighted by Gasteiger charge is -2.40. The van der Waals surface area contributed by atoms with Crippen LogP contribution in [0, 0.1) is 6.92 Å². The van der Waals surface area contributed by atoms with Gasteiger partial charge in [-0.05, 0) is 49.9 Å². The molecule has 2 N–H and O–H groups in total. The fourth-order valence-corrected chi connectivity index (χ4v) is 2.16. The number of benzene rings is 1. The van der Waals surface area contributed by atoms with Crippen molar-refractivity contribution in [2.45, 2.75) is 31.8 Å². The van der Waals surface area contributed by atoms with Crippen molar-refractivity contribution in [1.29, 1.82) is 0 Å². The van der Waals surface area contributed by atoms with E-state index in [1.807, 2.05) is 0 Å². The first-order valence-electron chi connectivity index (χ1n) is 6.19. The maximum atomic E-state index is 12.0. The third-order valence-electron chi connectivity index (χ3n) is 3.73. The van der Waals surface area contributed by atoms with Gasteiger partial charge in [-0.1, -0.05) is 0 Å². The number of phenols is 1. The summed E-state index contributed by atoms with van der Waals surface area (Å²) in [5.74, 6) is 0.0836. The molecule has 1 saturated carbocycles. The summed E-state index contributed by atoms with van der Waals surface area (Å²) >= 11 is 0. The Kier molecular flexibility index (Phi) is 3.57. The van der Waals surface area contributed by atoms with Crippen LogP contribution >= 0.6 is 0 Å². The van der Waals surface area contributed by atoms with Gasteiger partial charge in [-0.3, -0.25) is 4.79 Å². The van der Waals surface area contributed by atoms with Crippen molar-refractivity contribution < 1.29 is 14.6 Å². The van der Waals surface area contributed by atoms with E-state index in [4.69, 9.17) is 4.74 Å². The number of ether oxygens (including phenoxy) is 1. The molecule has 0 unspecified atom stereocenters. The number of aryl methyl sites for hydroxylation is 1. The first-order chi connectivity index (χ1) is 8.56. The maximum Gasteiger partial charge on any atom is 0.251 e. The van der Waals surface area contributed by atoms with E-state index in [-0.39, 0.29) is 17.3 Å². The standard InChI is InChI=1S/C14H19NO3/c1-10-8-11(4-5-12(10)16)13(17)15-9-14(18-2)6-3-7-14/h4-5,8,16H,3,6-7,9H2,1-2H3,(H,15,17). The highest BCUT2D eigenvalue weighted by atomic mass is 16.5. The zero-order chi connectivity index (χ0) is 13.2. The minimum absolute atomic E-state index is 0.124. The molecule has 0 aliphatic heterocycles. The van der Waals surface area contributed by atoms with Gasteiger partial charge in [-0.25, -0.2) is 0 Å². The van der Waals surface area contributed by atoms with Gasteiger partial charge in [0.2, 0.25) is 0 Å². The van der Waals surface area contributed by atoms with Crippen LogP contribution in [0.1, 0.15) is 35.2 Å². The topological polar surface area (TPSA) is 58.6 Å². The first kappa shape index (κ1) is 12.9. The average Bonchev–Trinajstić information content (AvgIpc) is 2.31. The molecular weight excluding hydrogens is 230 g/mol. The molecule has 0 aromatic heterocycles. The van der Waals surface area contributed by atoms with Crippen LogP contribution in [-0.4, -0.2) is 30.3 Å². The van der Waals surface area contributed by atoms with E-state index < -0.39 is 0 Å². The summed E-state index contributed by atoms with van der Waals surface area (Å²) < 4.78 is 5.45. The molecule has 2 rings (SSSR count). The van der Waals surface area contributed by atoms with E-state index in [1.165, 1.54) is 0 Å². The zero-order valence-corrected chi connectivity index (χ0v) is 10.8. The van der Waals surface area contributed by atoms with Crippen LogP contribution in [0.15, 0.2) is 18.2 Å². The van der Waals surface area contributed by atoms with Gasteiger partial charge < -0.3 is 15.2 Å². The number of nitrogens with one attached hydrogen (secondary N) is 1. The van der Waals surface area contributed by atoms with Gasteiger partial charge in [0, 0.05) is 19.2 Å². The minimum atomic E-state index is -0.165. The molecule has 1 aliphatic rings. The third kappa shape index (κ3) is 2.48. The number of carbonyl (C=O) groups is 1. The molecule has 0 atom stereocenters. The number of hydrogen-bond acceptors (Lipinski definition) is 3. The van der Waals surface area contributed by atoms with Gasteiger partial charge in [0.05, 0.1) is 5.60 Å². The molecule has 1 aromatic carbocycles. The van der Waals surface area contributed by atoms with E-state index in [1.54, 1.807) is 32.2 Å². The Labute approximate surface area is 107 Å². The SMILES string of the molecule is COC1(CNC(=O)c2ccc(O)c(C)c2)CCC1. The lowest BCUT2D eigenvalue weighted by molar-refractivity contribution is -0.0679. The summed E-state index contributed by atoms with van der Waals surface area (Å²) in [5.41, 5.74) is 1.10. The fraction of sp³-hybridized carbons (Fsp3) is 0.500. The highest BCUT2D eigenvalue weighted by Crippen LogP contribution is 2.34. The number of aromatic hydroxyl groups is 1. The Hall–Kier alpha value is -1.55. The van der Waals surface area contributed by atoms with E-state index in [9.17, 15) is 9.90 Å². The number of rotatable bonds is 4. The number of carbonyl (C=O) groups excluding carboxylic acids is 1. The number of methoxy groups -OCH3 is 1. The van der Waals surface area contributed by atoms with Gasteiger partial charge in [0.1, 0.15) is 5.75 Å². The lowest BCUT2D eigenvalue weighted by Crippen LogP contribution is -2.49. The van der Waals surface area contributed by atoms with Crippen molar-refractivity contribution >= 4 is 5.91 Å². The maximum absolute atomic E-state index is 12.0. The van der Waals surface area contributed by atoms with Gasteiger partial charge >= 0.3 is 0 Å². The van der Waals surface area contributed by atoms with Crippen LogP contribution in [0.4, 0.5) is 0 Å². The first-order valence-corrected chi connectivity index (χ1v) is 6.19. The quantitative estimate of drug-likeness (QED) is 0.858. The summed E-state index contributed by atoms with van der Waals surface area (Å²) in [6.07, 6.45) is 3.15. The van der Waals surface area contributed by atoms with Gasteiger partial charge in [0.15, 0.2) is 0 Å². The predicted octanol–water partition coefficient (Wildman–Crippen LogP) is 2.00. The van der Waals surface area contributed by atoms with Crippen molar-refractivity contribution in [2.24, 2.45) is 0 Å². The molecule has 0 heterocycles. The molecule has 1 fully saturated rings. The van der Waals surface area contributed by atoms with Crippen molar-refractivity contribution in [3.63, 3.8) is 0 Å². The fourth-order valence-electron chi connectivity index (χ4n) is 2.16. The Morgan fingerprint density at radius 3 is 2.72 bits per heavy atom. The van der Waals surface area contributed by atoms with Crippen molar-refractivity contribution in [3.8, 4) is 5.75 Å².